The third-order valence-corrected chi connectivity index (χ3v) is 6.23. The first-order valence-electron chi connectivity index (χ1n) is 10.7. The average Bonchev–Trinajstić information content (AvgIpc) is 3.23. The third-order valence-electron chi connectivity index (χ3n) is 6.23. The number of rotatable bonds is 5. The normalized spacial score (nSPS) is 19.5. The van der Waals surface area contributed by atoms with E-state index in [1.165, 1.54) is 0 Å². The van der Waals surface area contributed by atoms with Crippen molar-refractivity contribution < 1.29 is 9.59 Å². The van der Waals surface area contributed by atoms with Crippen LogP contribution in [0.1, 0.15) is 29.9 Å². The standard InChI is InChI=1S/C26H25N3O2/c30-25(16-21(18-9-3-1-4-10-18)19-11-5-2-6-12-19)27-20-15-24-26(31)28-22-13-7-8-14-23(22)29(24)17-20/h1-14,20-21,24H,15-17H2,(H,27,30)(H,28,31). The van der Waals surface area contributed by atoms with Crippen molar-refractivity contribution in [1.82, 2.24) is 5.32 Å². The molecule has 1 saturated heterocycles. The van der Waals surface area contributed by atoms with E-state index >= 15 is 0 Å². The molecule has 2 N–H and O–H groups in total. The van der Waals surface area contributed by atoms with Gasteiger partial charge in [-0.25, -0.2) is 0 Å². The van der Waals surface area contributed by atoms with Crippen molar-refractivity contribution in [3.05, 3.63) is 96.1 Å². The highest BCUT2D eigenvalue weighted by atomic mass is 16.2. The van der Waals surface area contributed by atoms with Gasteiger partial charge in [-0.1, -0.05) is 72.8 Å². The maximum Gasteiger partial charge on any atom is 0.247 e. The lowest BCUT2D eigenvalue weighted by Gasteiger charge is -2.32. The first-order valence-corrected chi connectivity index (χ1v) is 10.7. The van der Waals surface area contributed by atoms with E-state index in [4.69, 9.17) is 0 Å². The van der Waals surface area contributed by atoms with Crippen LogP contribution in [0.2, 0.25) is 0 Å². The Morgan fingerprint density at radius 2 is 1.55 bits per heavy atom. The molecular formula is C26H25N3O2. The Balaban J connectivity index is 1.31. The highest BCUT2D eigenvalue weighted by Crippen LogP contribution is 2.36. The molecule has 0 spiro atoms. The Labute approximate surface area is 182 Å². The summed E-state index contributed by atoms with van der Waals surface area (Å²) in [5.74, 6) is 0.00792. The number of hydrogen-bond donors (Lipinski definition) is 2. The summed E-state index contributed by atoms with van der Waals surface area (Å²) in [6.07, 6.45) is 0.991. The Morgan fingerprint density at radius 1 is 0.935 bits per heavy atom. The molecule has 0 aliphatic carbocycles. The van der Waals surface area contributed by atoms with Crippen LogP contribution in [0.3, 0.4) is 0 Å². The van der Waals surface area contributed by atoms with E-state index in [2.05, 4.69) is 39.8 Å². The van der Waals surface area contributed by atoms with E-state index in [1.54, 1.807) is 0 Å². The van der Waals surface area contributed by atoms with Gasteiger partial charge in [-0.15, -0.1) is 0 Å². The summed E-state index contributed by atoms with van der Waals surface area (Å²) in [5, 5.41) is 6.18. The number of nitrogens with zero attached hydrogens (tertiary/aromatic N) is 1. The van der Waals surface area contributed by atoms with E-state index in [9.17, 15) is 9.59 Å². The van der Waals surface area contributed by atoms with Gasteiger partial charge in [-0.2, -0.15) is 0 Å². The fourth-order valence-corrected chi connectivity index (χ4v) is 4.77. The minimum atomic E-state index is -0.237. The predicted octanol–water partition coefficient (Wildman–Crippen LogP) is 3.92. The number of nitrogens with one attached hydrogen (secondary N) is 2. The quantitative estimate of drug-likeness (QED) is 0.669. The zero-order valence-corrected chi connectivity index (χ0v) is 17.2. The Kier molecular flexibility index (Phi) is 5.16. The van der Waals surface area contributed by atoms with Crippen molar-refractivity contribution in [2.24, 2.45) is 0 Å². The number of carbonyl (C=O) groups excluding carboxylic acids is 2. The Morgan fingerprint density at radius 3 is 2.23 bits per heavy atom. The second-order valence-electron chi connectivity index (χ2n) is 8.25. The molecule has 0 saturated carbocycles. The molecule has 0 aromatic heterocycles. The Hall–Kier alpha value is -3.60. The van der Waals surface area contributed by atoms with Crippen LogP contribution in [-0.4, -0.2) is 30.4 Å². The number of benzene rings is 3. The van der Waals surface area contributed by atoms with E-state index in [-0.39, 0.29) is 29.8 Å². The van der Waals surface area contributed by atoms with Crippen LogP contribution in [0.25, 0.3) is 0 Å². The average molecular weight is 412 g/mol. The molecule has 5 rings (SSSR count). The molecule has 2 atom stereocenters. The first-order chi connectivity index (χ1) is 15.2. The van der Waals surface area contributed by atoms with Crippen molar-refractivity contribution in [2.75, 3.05) is 16.8 Å². The maximum atomic E-state index is 13.1. The molecule has 1 fully saturated rings. The summed E-state index contributed by atoms with van der Waals surface area (Å²) in [7, 11) is 0. The van der Waals surface area contributed by atoms with Crippen LogP contribution < -0.4 is 15.5 Å². The van der Waals surface area contributed by atoms with Gasteiger partial charge < -0.3 is 15.5 Å². The van der Waals surface area contributed by atoms with Gasteiger partial charge in [0.1, 0.15) is 6.04 Å². The minimum absolute atomic E-state index is 0.00176. The van der Waals surface area contributed by atoms with Crippen LogP contribution >= 0.6 is 0 Å². The molecular weight excluding hydrogens is 386 g/mol. The molecule has 5 heteroatoms. The third kappa shape index (κ3) is 3.91. The van der Waals surface area contributed by atoms with Crippen LogP contribution in [-0.2, 0) is 9.59 Å². The molecule has 2 amide bonds. The van der Waals surface area contributed by atoms with Gasteiger partial charge in [0, 0.05) is 24.9 Å². The summed E-state index contributed by atoms with van der Waals surface area (Å²) >= 11 is 0. The molecule has 156 valence electrons. The van der Waals surface area contributed by atoms with Gasteiger partial charge >= 0.3 is 0 Å². The Bertz CT molecular complexity index is 1040. The number of fused-ring (bicyclic) bond motifs is 3. The van der Waals surface area contributed by atoms with Gasteiger partial charge in [0.25, 0.3) is 0 Å². The van der Waals surface area contributed by atoms with E-state index in [0.29, 0.717) is 19.4 Å². The predicted molar refractivity (Wildman–Crippen MR) is 122 cm³/mol. The second-order valence-corrected chi connectivity index (χ2v) is 8.25. The number of anilines is 2. The van der Waals surface area contributed by atoms with Crippen molar-refractivity contribution in [2.45, 2.75) is 30.8 Å². The molecule has 31 heavy (non-hydrogen) atoms. The number of carbonyl (C=O) groups is 2. The summed E-state index contributed by atoms with van der Waals surface area (Å²) in [5.41, 5.74) is 4.11. The van der Waals surface area contributed by atoms with E-state index in [0.717, 1.165) is 22.5 Å². The van der Waals surface area contributed by atoms with Gasteiger partial charge in [-0.3, -0.25) is 9.59 Å². The smallest absolute Gasteiger partial charge is 0.247 e. The summed E-state index contributed by atoms with van der Waals surface area (Å²) in [4.78, 5) is 27.7. The monoisotopic (exact) mass is 411 g/mol. The summed E-state index contributed by atoms with van der Waals surface area (Å²) in [6.45, 7) is 0.641. The molecule has 2 aliphatic heterocycles. The molecule has 2 aliphatic rings. The van der Waals surface area contributed by atoms with Gasteiger partial charge in [0.05, 0.1) is 11.4 Å². The van der Waals surface area contributed by atoms with E-state index in [1.807, 2.05) is 60.7 Å². The highest BCUT2D eigenvalue weighted by molar-refractivity contribution is 6.04. The van der Waals surface area contributed by atoms with Crippen molar-refractivity contribution in [3.63, 3.8) is 0 Å². The summed E-state index contributed by atoms with van der Waals surface area (Å²) < 4.78 is 0. The van der Waals surface area contributed by atoms with Crippen molar-refractivity contribution in [1.29, 1.82) is 0 Å². The fraction of sp³-hybridized carbons (Fsp3) is 0.231. The van der Waals surface area contributed by atoms with Gasteiger partial charge in [-0.05, 0) is 29.7 Å². The molecule has 0 bridgehead atoms. The molecule has 2 unspecified atom stereocenters. The second kappa shape index (κ2) is 8.26. The number of amides is 2. The van der Waals surface area contributed by atoms with Crippen LogP contribution in [0.4, 0.5) is 11.4 Å². The van der Waals surface area contributed by atoms with Crippen LogP contribution in [0, 0.1) is 0 Å². The molecule has 3 aromatic carbocycles. The van der Waals surface area contributed by atoms with Crippen LogP contribution in [0.15, 0.2) is 84.9 Å². The highest BCUT2D eigenvalue weighted by Gasteiger charge is 2.41. The summed E-state index contributed by atoms with van der Waals surface area (Å²) in [6, 6.07) is 27.8. The SMILES string of the molecule is O=C(CC(c1ccccc1)c1ccccc1)NC1CC2C(=O)Nc3ccccc3N2C1. The minimum Gasteiger partial charge on any atom is -0.356 e. The lowest BCUT2D eigenvalue weighted by molar-refractivity contribution is -0.122. The van der Waals surface area contributed by atoms with Gasteiger partial charge in [0.15, 0.2) is 0 Å². The van der Waals surface area contributed by atoms with Crippen molar-refractivity contribution in [3.8, 4) is 0 Å². The van der Waals surface area contributed by atoms with Crippen molar-refractivity contribution >= 4 is 23.2 Å². The molecule has 2 heterocycles. The zero-order valence-electron chi connectivity index (χ0n) is 17.2. The topological polar surface area (TPSA) is 61.4 Å². The zero-order chi connectivity index (χ0) is 21.2. The largest absolute Gasteiger partial charge is 0.356 e. The number of hydrogen-bond acceptors (Lipinski definition) is 3. The molecule has 3 aromatic rings. The van der Waals surface area contributed by atoms with Crippen LogP contribution in [0.5, 0.6) is 0 Å². The van der Waals surface area contributed by atoms with E-state index < -0.39 is 0 Å². The maximum absolute atomic E-state index is 13.1. The first kappa shape index (κ1) is 19.4. The number of para-hydroxylation sites is 2. The fourth-order valence-electron chi connectivity index (χ4n) is 4.77. The molecule has 0 radical (unpaired) electrons. The van der Waals surface area contributed by atoms with Gasteiger partial charge in [0.2, 0.25) is 11.8 Å². The lowest BCUT2D eigenvalue weighted by Crippen LogP contribution is -2.44. The lowest BCUT2D eigenvalue weighted by atomic mass is 9.88. The molecule has 5 nitrogen and oxygen atoms in total.